The molecule has 12 atom stereocenters. The fourth-order valence-electron chi connectivity index (χ4n) is 8.32. The third-order valence-electron chi connectivity index (χ3n) is 13.3. The van der Waals surface area contributed by atoms with Gasteiger partial charge in [0.2, 0.25) is 70.9 Å². The Balaban J connectivity index is 1.71. The Labute approximate surface area is 510 Å². The lowest BCUT2D eigenvalue weighted by molar-refractivity contribution is -0.137. The zero-order valence-electron chi connectivity index (χ0n) is 48.5. The molecule has 33 nitrogen and oxygen atoms in total. The van der Waals surface area contributed by atoms with Crippen LogP contribution >= 0.6 is 25.3 Å². The van der Waals surface area contributed by atoms with Gasteiger partial charge < -0.3 is 101 Å². The molecule has 0 saturated carbocycles. The number of fused-ring (bicyclic) bond motifs is 1. The number of nitrogens with zero attached hydrogens (tertiary/aromatic N) is 2. The molecular formula is C52H80N18O15S2. The highest BCUT2D eigenvalue weighted by atomic mass is 32.1. The molecule has 3 aromatic rings. The van der Waals surface area contributed by atoms with E-state index < -0.39 is 163 Å². The topological polar surface area (TPSA) is 533 Å². The number of primary amides is 1. The quantitative estimate of drug-likeness (QED) is 0.0110. The Morgan fingerprint density at radius 1 is 0.609 bits per heavy atom. The third kappa shape index (κ3) is 24.0. The first-order valence-electron chi connectivity index (χ1n) is 27.4. The molecule has 0 spiro atoms. The van der Waals surface area contributed by atoms with E-state index in [9.17, 15) is 72.9 Å². The van der Waals surface area contributed by atoms with Crippen LogP contribution in [0.2, 0.25) is 0 Å². The maximum Gasteiger partial charge on any atom is 0.245 e. The first-order valence-corrected chi connectivity index (χ1v) is 28.7. The molecule has 0 fully saturated rings. The van der Waals surface area contributed by atoms with Crippen LogP contribution in [-0.4, -0.2) is 211 Å². The summed E-state index contributed by atoms with van der Waals surface area (Å²) in [7, 11) is 0. The molecule has 3 rings (SSSR count). The summed E-state index contributed by atoms with van der Waals surface area (Å²) < 4.78 is 0. The molecule has 87 heavy (non-hydrogen) atoms. The van der Waals surface area contributed by atoms with E-state index in [0.29, 0.717) is 5.69 Å². The molecule has 0 aliphatic heterocycles. The molecule has 2 heterocycles. The van der Waals surface area contributed by atoms with Crippen LogP contribution in [0.15, 0.2) is 48.0 Å². The van der Waals surface area contributed by atoms with Crippen molar-refractivity contribution in [1.82, 2.24) is 73.4 Å². The van der Waals surface area contributed by atoms with Gasteiger partial charge in [-0.05, 0) is 44.2 Å². The lowest BCUT2D eigenvalue weighted by Crippen LogP contribution is -2.63. The van der Waals surface area contributed by atoms with E-state index in [-0.39, 0.29) is 56.1 Å². The van der Waals surface area contributed by atoms with Crippen molar-refractivity contribution in [3.63, 3.8) is 0 Å². The normalized spacial score (nSPS) is 15.2. The van der Waals surface area contributed by atoms with E-state index in [2.05, 4.69) is 104 Å². The molecule has 0 bridgehead atoms. The standard InChI is InChI=1S/C52H80N18O15S2/c1-6-24(2)40(50(84)67-37(22-87)49(83)70-42(26(4)73)51(85)69-41(25(3)72)43(53)77)68-47(81)34(15-29-17-56-23-61-29)65-46(80)32(12-9-13-57-52(54)55)63-38(75)18-60-45(79)35(20-71)66-48(82)36(21-86)64-39(76)19-59-44(78)33(62-27(5)74)14-28-16-58-31-11-8-7-10-30(28)31/h7-8,10-11,16-17,23-26,32-37,40-42,58,71-73,86-87H,6,9,12-15,18-22H2,1-5H3,(H2,53,77)(H,56,61)(H,59,78)(H,60,79)(H,62,74)(H,63,75)(H,64,76)(H,65,80)(H,66,82)(H,67,84)(H,68,81)(H,69,85)(H,70,83)(H4,54,55,57)/t24-,25+,26+,32-,33-,34-,35-,36-,37-,40-,41-,42-/m0/s1. The minimum Gasteiger partial charge on any atom is -0.394 e. The Kier molecular flexibility index (Phi) is 30.5. The van der Waals surface area contributed by atoms with E-state index in [0.717, 1.165) is 23.4 Å². The maximum absolute atomic E-state index is 14.3. The lowest BCUT2D eigenvalue weighted by Gasteiger charge is -2.29. The van der Waals surface area contributed by atoms with Crippen LogP contribution in [0.1, 0.15) is 65.1 Å². The molecule has 480 valence electrons. The van der Waals surface area contributed by atoms with Crippen molar-refractivity contribution in [2.24, 2.45) is 28.1 Å². The summed E-state index contributed by atoms with van der Waals surface area (Å²) in [5.41, 5.74) is 18.1. The molecule has 0 aliphatic rings. The van der Waals surface area contributed by atoms with Gasteiger partial charge in [0, 0.05) is 66.8 Å². The molecule has 0 radical (unpaired) electrons. The number of aliphatic hydroxyl groups is 3. The number of hydrogen-bond donors (Lipinski definition) is 21. The number of nitrogens with one attached hydrogen (secondary N) is 13. The number of carbonyl (C=O) groups is 12. The molecule has 22 N–H and O–H groups in total. The summed E-state index contributed by atoms with van der Waals surface area (Å²) in [6.07, 6.45) is 1.36. The number of carbonyl (C=O) groups excluding carboxylic acids is 12. The number of para-hydroxylation sites is 1. The number of amides is 12. The van der Waals surface area contributed by atoms with Crippen LogP contribution in [0.3, 0.4) is 0 Å². The van der Waals surface area contributed by atoms with Gasteiger partial charge in [-0.1, -0.05) is 38.5 Å². The van der Waals surface area contributed by atoms with Gasteiger partial charge in [0.25, 0.3) is 0 Å². The fraction of sp³-hybridized carbons (Fsp3) is 0.538. The second kappa shape index (κ2) is 36.5. The average molecular weight is 1260 g/mol. The summed E-state index contributed by atoms with van der Waals surface area (Å²) in [4.78, 5) is 173. The van der Waals surface area contributed by atoms with Crippen molar-refractivity contribution in [3.8, 4) is 0 Å². The number of H-pyrrole nitrogens is 2. The number of imidazole rings is 1. The Morgan fingerprint density at radius 3 is 1.67 bits per heavy atom. The van der Waals surface area contributed by atoms with Crippen LogP contribution in [0.5, 0.6) is 0 Å². The van der Waals surface area contributed by atoms with Gasteiger partial charge in [-0.15, -0.1) is 0 Å². The molecule has 2 aromatic heterocycles. The number of aromatic nitrogens is 3. The summed E-state index contributed by atoms with van der Waals surface area (Å²) in [6, 6.07) is -6.03. The van der Waals surface area contributed by atoms with Crippen molar-refractivity contribution in [1.29, 1.82) is 0 Å². The van der Waals surface area contributed by atoms with E-state index in [4.69, 9.17) is 17.2 Å². The van der Waals surface area contributed by atoms with Gasteiger partial charge >= 0.3 is 0 Å². The highest BCUT2D eigenvalue weighted by molar-refractivity contribution is 7.80. The van der Waals surface area contributed by atoms with Crippen LogP contribution in [0.25, 0.3) is 10.9 Å². The van der Waals surface area contributed by atoms with Crippen LogP contribution in [0, 0.1) is 5.92 Å². The fourth-order valence-corrected chi connectivity index (χ4v) is 8.83. The van der Waals surface area contributed by atoms with Crippen LogP contribution in [0.4, 0.5) is 0 Å². The van der Waals surface area contributed by atoms with Gasteiger partial charge in [0.05, 0.1) is 38.2 Å². The van der Waals surface area contributed by atoms with Gasteiger partial charge in [0.1, 0.15) is 54.4 Å². The van der Waals surface area contributed by atoms with Gasteiger partial charge in [-0.25, -0.2) is 4.98 Å². The van der Waals surface area contributed by atoms with Crippen molar-refractivity contribution >= 4 is 113 Å². The second-order valence-electron chi connectivity index (χ2n) is 20.2. The Morgan fingerprint density at radius 2 is 1.11 bits per heavy atom. The predicted molar refractivity (Wildman–Crippen MR) is 320 cm³/mol. The Hall–Kier alpha value is -8.54. The number of hydrogen-bond acceptors (Lipinski definition) is 19. The van der Waals surface area contributed by atoms with E-state index in [1.165, 1.54) is 26.4 Å². The number of thiol groups is 2. The predicted octanol–water partition coefficient (Wildman–Crippen LogP) is -7.51. The van der Waals surface area contributed by atoms with Gasteiger partial charge in [0.15, 0.2) is 5.96 Å². The number of nitrogens with two attached hydrogens (primary N) is 3. The molecule has 1 aromatic carbocycles. The first-order chi connectivity index (χ1) is 41.1. The molecule has 0 unspecified atom stereocenters. The van der Waals surface area contributed by atoms with Crippen LogP contribution < -0.4 is 75.7 Å². The summed E-state index contributed by atoms with van der Waals surface area (Å²) >= 11 is 8.30. The molecule has 35 heteroatoms. The van der Waals surface area contributed by atoms with Crippen molar-refractivity contribution in [2.75, 3.05) is 37.7 Å². The van der Waals surface area contributed by atoms with Gasteiger partial charge in [-0.3, -0.25) is 62.5 Å². The number of aliphatic imine (C=N–C) groups is 1. The smallest absolute Gasteiger partial charge is 0.245 e. The van der Waals surface area contributed by atoms with Crippen molar-refractivity contribution < 1.29 is 72.9 Å². The first kappa shape index (κ1) is 72.7. The zero-order valence-corrected chi connectivity index (χ0v) is 50.3. The van der Waals surface area contributed by atoms with E-state index in [1.807, 2.05) is 24.3 Å². The number of guanidine groups is 1. The maximum atomic E-state index is 14.3. The van der Waals surface area contributed by atoms with E-state index in [1.54, 1.807) is 20.0 Å². The summed E-state index contributed by atoms with van der Waals surface area (Å²) in [5, 5.41) is 57.6. The third-order valence-corrected chi connectivity index (χ3v) is 14.0. The number of aliphatic hydroxyl groups excluding tert-OH is 3. The molecule has 0 saturated heterocycles. The molecular weight excluding hydrogens is 1180 g/mol. The van der Waals surface area contributed by atoms with Crippen LogP contribution in [-0.2, 0) is 70.4 Å². The van der Waals surface area contributed by atoms with Gasteiger partial charge in [-0.2, -0.15) is 25.3 Å². The highest BCUT2D eigenvalue weighted by Crippen LogP contribution is 2.19. The zero-order chi connectivity index (χ0) is 65.1. The van der Waals surface area contributed by atoms with Crippen molar-refractivity contribution in [3.05, 3.63) is 54.2 Å². The number of aromatic amines is 2. The number of rotatable bonds is 37. The SMILES string of the molecule is CC[C@H](C)[C@H](NC(=O)[C@H](Cc1cnc[nH]1)NC(=O)[C@H](CCCN=C(N)N)NC(=O)CNC(=O)[C@H](CO)NC(=O)[C@H](CS)NC(=O)CNC(=O)[C@H](Cc1c[nH]c2ccccc12)NC(C)=O)C(=O)N[C@@H](CS)C(=O)N[C@H](C(=O)N[C@H](C(N)=O)[C@@H](C)O)[C@@H](C)O. The minimum absolute atomic E-state index is 0.0226. The lowest BCUT2D eigenvalue weighted by atomic mass is 9.97. The molecule has 0 aliphatic carbocycles. The van der Waals surface area contributed by atoms with Crippen molar-refractivity contribution in [2.45, 2.75) is 133 Å². The monoisotopic (exact) mass is 1260 g/mol. The largest absolute Gasteiger partial charge is 0.394 e. The summed E-state index contributed by atoms with van der Waals surface area (Å²) in [5.74, 6) is -12.7. The second-order valence-corrected chi connectivity index (χ2v) is 20.9. The molecule has 12 amide bonds. The van der Waals surface area contributed by atoms with E-state index >= 15 is 0 Å². The summed E-state index contributed by atoms with van der Waals surface area (Å²) in [6.45, 7) is 4.37. The number of benzene rings is 1. The minimum atomic E-state index is -1.72. The highest BCUT2D eigenvalue weighted by Gasteiger charge is 2.37. The average Bonchev–Trinajstić information content (AvgIpc) is 2.76. The Bertz CT molecular complexity index is 2890.